The van der Waals surface area contributed by atoms with Gasteiger partial charge in [0.25, 0.3) is 0 Å². The summed E-state index contributed by atoms with van der Waals surface area (Å²) in [5, 5.41) is 0. The summed E-state index contributed by atoms with van der Waals surface area (Å²) in [7, 11) is 3.69. The average molecular weight is 254 g/mol. The van der Waals surface area contributed by atoms with E-state index in [1.54, 1.807) is 4.90 Å². The van der Waals surface area contributed by atoms with Crippen LogP contribution in [0.4, 0.5) is 11.9 Å². The second-order valence-electron chi connectivity index (χ2n) is 4.66. The fraction of sp³-hybridized carbons (Fsp3) is 0.727. The predicted molar refractivity (Wildman–Crippen MR) is 71.5 cm³/mol. The van der Waals surface area contributed by atoms with E-state index in [4.69, 9.17) is 10.6 Å². The number of nitrogens with one attached hydrogen (secondary N) is 1. The third-order valence-corrected chi connectivity index (χ3v) is 2.29. The molecule has 0 amide bonds. The maximum Gasteiger partial charge on any atom is 0.323 e. The molecule has 0 saturated carbocycles. The molecule has 0 fully saturated rings. The van der Waals surface area contributed by atoms with E-state index in [1.807, 2.05) is 14.1 Å². The van der Waals surface area contributed by atoms with Crippen molar-refractivity contribution in [1.29, 1.82) is 0 Å². The van der Waals surface area contributed by atoms with Crippen LogP contribution in [-0.2, 0) is 0 Å². The van der Waals surface area contributed by atoms with E-state index < -0.39 is 0 Å². The van der Waals surface area contributed by atoms with Crippen LogP contribution in [0.1, 0.15) is 26.7 Å². The number of nitrogens with zero attached hydrogens (tertiary/aromatic N) is 4. The molecule has 0 atom stereocenters. The number of hydrogen-bond acceptors (Lipinski definition) is 7. The number of rotatable bonds is 7. The minimum atomic E-state index is 0.297. The summed E-state index contributed by atoms with van der Waals surface area (Å²) < 4.78 is 5.51. The summed E-state index contributed by atoms with van der Waals surface area (Å²) in [4.78, 5) is 14.1. The maximum absolute atomic E-state index is 5.51. The summed E-state index contributed by atoms with van der Waals surface area (Å²) in [6, 6.07) is 0.297. The molecule has 0 aliphatic heterocycles. The predicted octanol–water partition coefficient (Wildman–Crippen LogP) is 1.04. The average Bonchev–Trinajstić information content (AvgIpc) is 2.34. The van der Waals surface area contributed by atoms with Crippen molar-refractivity contribution in [3.05, 3.63) is 0 Å². The van der Waals surface area contributed by atoms with Gasteiger partial charge in [-0.2, -0.15) is 15.0 Å². The lowest BCUT2D eigenvalue weighted by Gasteiger charge is -2.12. The van der Waals surface area contributed by atoms with Crippen molar-refractivity contribution in [2.45, 2.75) is 26.7 Å². The fourth-order valence-electron chi connectivity index (χ4n) is 1.33. The van der Waals surface area contributed by atoms with Gasteiger partial charge in [-0.05, 0) is 18.8 Å². The van der Waals surface area contributed by atoms with Gasteiger partial charge >= 0.3 is 6.01 Å². The van der Waals surface area contributed by atoms with E-state index in [0.717, 1.165) is 12.8 Å². The Morgan fingerprint density at radius 1 is 1.28 bits per heavy atom. The van der Waals surface area contributed by atoms with Crippen LogP contribution in [0.3, 0.4) is 0 Å². The van der Waals surface area contributed by atoms with E-state index in [2.05, 4.69) is 34.2 Å². The van der Waals surface area contributed by atoms with Gasteiger partial charge in [-0.25, -0.2) is 5.84 Å². The number of nitrogen functional groups attached to an aromatic ring is 1. The molecule has 7 nitrogen and oxygen atoms in total. The molecule has 3 N–H and O–H groups in total. The van der Waals surface area contributed by atoms with E-state index in [1.165, 1.54) is 0 Å². The first-order valence-corrected chi connectivity index (χ1v) is 6.05. The Balaban J connectivity index is 2.61. The number of aromatic nitrogens is 3. The van der Waals surface area contributed by atoms with Crippen LogP contribution < -0.4 is 20.9 Å². The number of hydrogen-bond donors (Lipinski definition) is 2. The van der Waals surface area contributed by atoms with Gasteiger partial charge in [0.2, 0.25) is 11.9 Å². The Hall–Kier alpha value is -1.63. The highest BCUT2D eigenvalue weighted by atomic mass is 16.5. The second-order valence-corrected chi connectivity index (χ2v) is 4.66. The molecule has 0 saturated heterocycles. The third-order valence-electron chi connectivity index (χ3n) is 2.29. The van der Waals surface area contributed by atoms with Crippen LogP contribution in [0.25, 0.3) is 0 Å². The largest absolute Gasteiger partial charge is 0.463 e. The van der Waals surface area contributed by atoms with Crippen LogP contribution >= 0.6 is 0 Å². The van der Waals surface area contributed by atoms with Gasteiger partial charge in [0.15, 0.2) is 0 Å². The first-order valence-electron chi connectivity index (χ1n) is 6.05. The number of hydrazine groups is 1. The minimum absolute atomic E-state index is 0.297. The number of anilines is 2. The van der Waals surface area contributed by atoms with Crippen molar-refractivity contribution in [1.82, 2.24) is 15.0 Å². The Morgan fingerprint density at radius 2 is 2.00 bits per heavy atom. The maximum atomic E-state index is 5.51. The summed E-state index contributed by atoms with van der Waals surface area (Å²) in [6.45, 7) is 4.96. The molecule has 0 aromatic carbocycles. The molecule has 0 aliphatic carbocycles. The summed E-state index contributed by atoms with van der Waals surface area (Å²) in [5.41, 5.74) is 2.40. The highest BCUT2D eigenvalue weighted by Crippen LogP contribution is 2.13. The number of nitrogens with two attached hydrogens (primary N) is 1. The van der Waals surface area contributed by atoms with Gasteiger partial charge < -0.3 is 9.64 Å². The molecule has 0 spiro atoms. The number of ether oxygens (including phenoxy) is 1. The van der Waals surface area contributed by atoms with Crippen molar-refractivity contribution >= 4 is 11.9 Å². The normalized spacial score (nSPS) is 10.6. The zero-order valence-electron chi connectivity index (χ0n) is 11.5. The van der Waals surface area contributed by atoms with Crippen LogP contribution in [0.15, 0.2) is 0 Å². The summed E-state index contributed by atoms with van der Waals surface area (Å²) >= 11 is 0. The Bertz CT molecular complexity index is 369. The lowest BCUT2D eigenvalue weighted by Crippen LogP contribution is -2.18. The van der Waals surface area contributed by atoms with Crippen LogP contribution in [-0.4, -0.2) is 35.7 Å². The summed E-state index contributed by atoms with van der Waals surface area (Å²) in [6.07, 6.45) is 2.10. The van der Waals surface area contributed by atoms with Crippen molar-refractivity contribution in [2.75, 3.05) is 31.0 Å². The first-order chi connectivity index (χ1) is 8.52. The van der Waals surface area contributed by atoms with Crippen molar-refractivity contribution < 1.29 is 4.74 Å². The fourth-order valence-corrected chi connectivity index (χ4v) is 1.33. The topological polar surface area (TPSA) is 89.2 Å². The molecule has 1 aromatic heterocycles. The van der Waals surface area contributed by atoms with Crippen LogP contribution in [0.5, 0.6) is 6.01 Å². The molecule has 0 aliphatic rings. The van der Waals surface area contributed by atoms with Gasteiger partial charge in [-0.15, -0.1) is 0 Å². The quantitative estimate of drug-likeness (QED) is 0.427. The molecule has 0 unspecified atom stereocenters. The smallest absolute Gasteiger partial charge is 0.323 e. The summed E-state index contributed by atoms with van der Waals surface area (Å²) in [5.74, 6) is 6.79. The van der Waals surface area contributed by atoms with Gasteiger partial charge in [-0.3, -0.25) is 5.43 Å². The van der Waals surface area contributed by atoms with E-state index in [-0.39, 0.29) is 0 Å². The molecule has 7 heteroatoms. The second kappa shape index (κ2) is 6.95. The monoisotopic (exact) mass is 254 g/mol. The van der Waals surface area contributed by atoms with E-state index in [9.17, 15) is 0 Å². The minimum Gasteiger partial charge on any atom is -0.463 e. The van der Waals surface area contributed by atoms with Crippen LogP contribution in [0, 0.1) is 5.92 Å². The van der Waals surface area contributed by atoms with Gasteiger partial charge in [0.05, 0.1) is 6.61 Å². The molecule has 1 heterocycles. The zero-order valence-corrected chi connectivity index (χ0v) is 11.5. The SMILES string of the molecule is CC(C)CCCOc1nc(NN)nc(N(C)C)n1. The molecular formula is C11H22N6O. The molecule has 0 bridgehead atoms. The van der Waals surface area contributed by atoms with Crippen molar-refractivity contribution in [3.8, 4) is 6.01 Å². The third kappa shape index (κ3) is 4.70. The lowest BCUT2D eigenvalue weighted by molar-refractivity contribution is 0.275. The molecule has 102 valence electrons. The van der Waals surface area contributed by atoms with Crippen molar-refractivity contribution in [3.63, 3.8) is 0 Å². The Kier molecular flexibility index (Phi) is 5.57. The van der Waals surface area contributed by atoms with E-state index >= 15 is 0 Å². The molecule has 1 rings (SSSR count). The molecule has 1 aromatic rings. The molecule has 0 radical (unpaired) electrons. The van der Waals surface area contributed by atoms with Gasteiger partial charge in [-0.1, -0.05) is 13.8 Å². The zero-order chi connectivity index (χ0) is 13.5. The van der Waals surface area contributed by atoms with Gasteiger partial charge in [0.1, 0.15) is 0 Å². The van der Waals surface area contributed by atoms with E-state index in [0.29, 0.717) is 30.4 Å². The Labute approximate surface area is 108 Å². The standard InChI is InChI=1S/C11H22N6O/c1-8(2)6-5-7-18-11-14-9(16-12)13-10(15-11)17(3)4/h8H,5-7,12H2,1-4H3,(H,13,14,15,16). The van der Waals surface area contributed by atoms with Crippen LogP contribution in [0.2, 0.25) is 0 Å². The van der Waals surface area contributed by atoms with Gasteiger partial charge in [0, 0.05) is 14.1 Å². The molecular weight excluding hydrogens is 232 g/mol. The highest BCUT2D eigenvalue weighted by molar-refractivity contribution is 5.35. The lowest BCUT2D eigenvalue weighted by atomic mass is 10.1. The Morgan fingerprint density at radius 3 is 2.56 bits per heavy atom. The van der Waals surface area contributed by atoms with Crippen molar-refractivity contribution in [2.24, 2.45) is 11.8 Å². The first kappa shape index (κ1) is 14.4. The molecule has 18 heavy (non-hydrogen) atoms. The highest BCUT2D eigenvalue weighted by Gasteiger charge is 2.08.